The molecule has 0 N–H and O–H groups in total. The summed E-state index contributed by atoms with van der Waals surface area (Å²) in [6.45, 7) is 11.4. The van der Waals surface area contributed by atoms with Crippen LogP contribution in [0.15, 0.2) is 36.4 Å². The molecular weight excluding hydrogens is 367 g/mol. The third-order valence-electron chi connectivity index (χ3n) is 4.76. The molecule has 0 saturated carbocycles. The van der Waals surface area contributed by atoms with Gasteiger partial charge in [-0.25, -0.2) is 0 Å². The lowest BCUT2D eigenvalue weighted by molar-refractivity contribution is -0.136. The van der Waals surface area contributed by atoms with Crippen LogP contribution in [-0.2, 0) is 10.9 Å². The number of allylic oxidation sites excluding steroid dienone is 1. The molecule has 27 heavy (non-hydrogen) atoms. The van der Waals surface area contributed by atoms with Gasteiger partial charge in [0.25, 0.3) is 0 Å². The summed E-state index contributed by atoms with van der Waals surface area (Å²) >= 11 is 0. The van der Waals surface area contributed by atoms with Crippen molar-refractivity contribution >= 4 is 14.7 Å². The highest BCUT2D eigenvalue weighted by molar-refractivity contribution is 6.54. The van der Waals surface area contributed by atoms with Gasteiger partial charge in [-0.05, 0) is 45.7 Å². The summed E-state index contributed by atoms with van der Waals surface area (Å²) < 4.78 is 44.8. The van der Waals surface area contributed by atoms with Crippen LogP contribution in [0.4, 0.5) is 13.2 Å². The van der Waals surface area contributed by atoms with Crippen LogP contribution in [0, 0.1) is 0 Å². The number of rotatable bonds is 9. The van der Waals surface area contributed by atoms with E-state index in [2.05, 4.69) is 25.3 Å². The SMILES string of the molecule is C=C(CCCCCN1CC(C)OC(C)C1)C[Si]c1ccccc1C(F)(F)F. The van der Waals surface area contributed by atoms with Crippen molar-refractivity contribution in [2.45, 2.75) is 64.0 Å². The van der Waals surface area contributed by atoms with Gasteiger partial charge < -0.3 is 4.74 Å². The summed E-state index contributed by atoms with van der Waals surface area (Å²) in [5, 5.41) is 0.390. The number of morpholine rings is 1. The van der Waals surface area contributed by atoms with E-state index in [9.17, 15) is 13.2 Å². The number of hydrogen-bond acceptors (Lipinski definition) is 2. The molecule has 1 aliphatic rings. The van der Waals surface area contributed by atoms with E-state index in [1.165, 1.54) is 12.1 Å². The largest absolute Gasteiger partial charge is 0.416 e. The first kappa shape index (κ1) is 22.2. The average molecular weight is 398 g/mol. The number of benzene rings is 1. The van der Waals surface area contributed by atoms with Crippen LogP contribution in [0.1, 0.15) is 45.1 Å². The molecule has 1 aromatic carbocycles. The van der Waals surface area contributed by atoms with Crippen LogP contribution < -0.4 is 5.19 Å². The number of halogens is 3. The lowest BCUT2D eigenvalue weighted by Crippen LogP contribution is -2.45. The standard InChI is InChI=1S/C21H30F3NOSi/c1-16(15-27-20-11-7-6-10-19(20)21(22,23)24)9-5-4-8-12-25-13-17(2)26-18(3)14-25/h6-7,10-11,17-18H,1,4-5,8-9,12-15H2,2-3H3. The molecule has 1 aliphatic heterocycles. The Morgan fingerprint density at radius 2 is 1.81 bits per heavy atom. The Morgan fingerprint density at radius 3 is 2.48 bits per heavy atom. The van der Waals surface area contributed by atoms with Crippen molar-refractivity contribution < 1.29 is 17.9 Å². The summed E-state index contributed by atoms with van der Waals surface area (Å²) in [5.74, 6) is 0. The molecule has 2 nitrogen and oxygen atoms in total. The van der Waals surface area contributed by atoms with Gasteiger partial charge in [0.1, 0.15) is 0 Å². The Bertz CT molecular complexity index is 595. The normalized spacial score (nSPS) is 21.4. The molecule has 2 radical (unpaired) electrons. The van der Waals surface area contributed by atoms with E-state index in [1.54, 1.807) is 12.1 Å². The van der Waals surface area contributed by atoms with Crippen LogP contribution in [0.5, 0.6) is 0 Å². The van der Waals surface area contributed by atoms with Crippen LogP contribution >= 0.6 is 0 Å². The van der Waals surface area contributed by atoms with Crippen molar-refractivity contribution in [3.05, 3.63) is 42.0 Å². The van der Waals surface area contributed by atoms with Gasteiger partial charge in [0.15, 0.2) is 0 Å². The Morgan fingerprint density at radius 1 is 1.15 bits per heavy atom. The van der Waals surface area contributed by atoms with Crippen molar-refractivity contribution in [3.63, 3.8) is 0 Å². The molecular formula is C21H30F3NOSi. The van der Waals surface area contributed by atoms with Gasteiger partial charge in [-0.1, -0.05) is 41.4 Å². The maximum Gasteiger partial charge on any atom is 0.416 e. The second kappa shape index (κ2) is 10.4. The van der Waals surface area contributed by atoms with E-state index < -0.39 is 11.7 Å². The zero-order valence-electron chi connectivity index (χ0n) is 16.3. The summed E-state index contributed by atoms with van der Waals surface area (Å²) in [6, 6.07) is 6.51. The first-order valence-corrected chi connectivity index (χ1v) is 10.9. The third-order valence-corrected chi connectivity index (χ3v) is 6.25. The number of nitrogens with zero attached hydrogens (tertiary/aromatic N) is 1. The minimum atomic E-state index is -4.28. The van der Waals surface area contributed by atoms with Gasteiger partial charge in [-0.2, -0.15) is 13.2 Å². The summed E-state index contributed by atoms with van der Waals surface area (Å²) in [4.78, 5) is 2.46. The number of alkyl halides is 3. The predicted octanol–water partition coefficient (Wildman–Crippen LogP) is 4.68. The molecule has 1 heterocycles. The highest BCUT2D eigenvalue weighted by Crippen LogP contribution is 2.27. The maximum absolute atomic E-state index is 13.0. The topological polar surface area (TPSA) is 12.5 Å². The molecule has 6 heteroatoms. The molecule has 2 rings (SSSR count). The molecule has 1 aromatic rings. The Labute approximate surface area is 163 Å². The number of ether oxygens (including phenoxy) is 1. The number of hydrogen-bond donors (Lipinski definition) is 0. The fraction of sp³-hybridized carbons (Fsp3) is 0.619. The summed E-state index contributed by atoms with van der Waals surface area (Å²) in [7, 11) is 0.125. The highest BCUT2D eigenvalue weighted by atomic mass is 28.2. The Balaban J connectivity index is 1.63. The first-order chi connectivity index (χ1) is 12.8. The van der Waals surface area contributed by atoms with Gasteiger partial charge in [-0.3, -0.25) is 4.90 Å². The van der Waals surface area contributed by atoms with E-state index in [1.807, 2.05) is 0 Å². The molecule has 2 atom stereocenters. The van der Waals surface area contributed by atoms with Gasteiger partial charge in [0, 0.05) is 13.1 Å². The maximum atomic E-state index is 13.0. The molecule has 0 aromatic heterocycles. The molecule has 0 spiro atoms. The van der Waals surface area contributed by atoms with Crippen LogP contribution in [0.25, 0.3) is 0 Å². The second-order valence-electron chi connectivity index (χ2n) is 7.47. The van der Waals surface area contributed by atoms with Crippen molar-refractivity contribution in [3.8, 4) is 0 Å². The smallest absolute Gasteiger partial charge is 0.373 e. The van der Waals surface area contributed by atoms with E-state index in [-0.39, 0.29) is 9.52 Å². The minimum absolute atomic E-state index is 0.125. The van der Waals surface area contributed by atoms with Gasteiger partial charge in [-0.15, -0.1) is 6.58 Å². The lowest BCUT2D eigenvalue weighted by Gasteiger charge is -2.35. The van der Waals surface area contributed by atoms with Crippen molar-refractivity contribution in [1.29, 1.82) is 0 Å². The summed E-state index contributed by atoms with van der Waals surface area (Å²) in [5.41, 5.74) is 0.545. The quantitative estimate of drug-likeness (QED) is 0.341. The van der Waals surface area contributed by atoms with Crippen LogP contribution in [-0.4, -0.2) is 46.3 Å². The van der Waals surface area contributed by atoms with E-state index in [4.69, 9.17) is 4.74 Å². The zero-order chi connectivity index (χ0) is 19.9. The van der Waals surface area contributed by atoms with Crippen molar-refractivity contribution in [1.82, 2.24) is 4.90 Å². The van der Waals surface area contributed by atoms with E-state index >= 15 is 0 Å². The van der Waals surface area contributed by atoms with E-state index in [0.29, 0.717) is 23.4 Å². The number of unbranched alkanes of at least 4 members (excludes halogenated alkanes) is 2. The third kappa shape index (κ3) is 7.80. The van der Waals surface area contributed by atoms with Crippen molar-refractivity contribution in [2.75, 3.05) is 19.6 Å². The second-order valence-corrected chi connectivity index (χ2v) is 8.72. The highest BCUT2D eigenvalue weighted by Gasteiger charge is 2.32. The van der Waals surface area contributed by atoms with Crippen LogP contribution in [0.3, 0.4) is 0 Å². The molecule has 0 aliphatic carbocycles. The lowest BCUT2D eigenvalue weighted by atomic mass is 10.1. The van der Waals surface area contributed by atoms with Gasteiger partial charge in [0.2, 0.25) is 0 Å². The molecule has 0 bridgehead atoms. The molecule has 1 fully saturated rings. The Kier molecular flexibility index (Phi) is 8.57. The van der Waals surface area contributed by atoms with E-state index in [0.717, 1.165) is 50.9 Å². The fourth-order valence-electron chi connectivity index (χ4n) is 3.55. The molecule has 2 unspecified atom stereocenters. The molecule has 150 valence electrons. The van der Waals surface area contributed by atoms with Crippen molar-refractivity contribution in [2.24, 2.45) is 0 Å². The van der Waals surface area contributed by atoms with Gasteiger partial charge >= 0.3 is 6.18 Å². The molecule has 1 saturated heterocycles. The summed E-state index contributed by atoms with van der Waals surface area (Å²) in [6.07, 6.45) is 0.548. The zero-order valence-corrected chi connectivity index (χ0v) is 17.3. The Hall–Kier alpha value is -1.11. The average Bonchev–Trinajstić information content (AvgIpc) is 2.58. The first-order valence-electron chi connectivity index (χ1n) is 9.70. The van der Waals surface area contributed by atoms with Crippen LogP contribution in [0.2, 0.25) is 6.04 Å². The minimum Gasteiger partial charge on any atom is -0.373 e. The predicted molar refractivity (Wildman–Crippen MR) is 106 cm³/mol. The molecule has 0 amide bonds. The van der Waals surface area contributed by atoms with Gasteiger partial charge in [0.05, 0.1) is 27.3 Å². The fourth-order valence-corrected chi connectivity index (χ4v) is 4.79. The monoisotopic (exact) mass is 397 g/mol.